The Hall–Kier alpha value is -2.96. The van der Waals surface area contributed by atoms with Crippen LogP contribution in [-0.4, -0.2) is 36.5 Å². The van der Waals surface area contributed by atoms with Crippen molar-refractivity contribution in [2.24, 2.45) is 0 Å². The van der Waals surface area contributed by atoms with Gasteiger partial charge in [0.15, 0.2) is 6.61 Å². The van der Waals surface area contributed by atoms with Crippen LogP contribution >= 0.6 is 0 Å². The third-order valence-electron chi connectivity index (χ3n) is 4.24. The van der Waals surface area contributed by atoms with Gasteiger partial charge in [-0.2, -0.15) is 0 Å². The summed E-state index contributed by atoms with van der Waals surface area (Å²) >= 11 is 0. The van der Waals surface area contributed by atoms with Crippen molar-refractivity contribution in [3.05, 3.63) is 65.2 Å². The number of benzene rings is 2. The molecule has 1 fully saturated rings. The molecular formula is C20H19F2NO4. The molecule has 1 aliphatic rings. The molecule has 0 saturated heterocycles. The Labute approximate surface area is 155 Å². The Morgan fingerprint density at radius 2 is 1.70 bits per heavy atom. The maximum absolute atomic E-state index is 13.2. The van der Waals surface area contributed by atoms with Gasteiger partial charge in [0.2, 0.25) is 0 Å². The number of ether oxygens (including phenoxy) is 2. The number of esters is 1. The minimum atomic E-state index is -0.943. The fourth-order valence-electron chi connectivity index (χ4n) is 2.70. The summed E-state index contributed by atoms with van der Waals surface area (Å²) in [4.78, 5) is 26.1. The average molecular weight is 375 g/mol. The lowest BCUT2D eigenvalue weighted by atomic mass is 10.2. The number of methoxy groups -OCH3 is 1. The van der Waals surface area contributed by atoms with E-state index < -0.39 is 24.2 Å². The number of carbonyl (C=O) groups is 2. The summed E-state index contributed by atoms with van der Waals surface area (Å²) in [5.41, 5.74) is 0.656. The highest BCUT2D eigenvalue weighted by Crippen LogP contribution is 2.29. The Balaban J connectivity index is 1.60. The summed E-state index contributed by atoms with van der Waals surface area (Å²) in [5, 5.41) is 0. The number of hydrogen-bond acceptors (Lipinski definition) is 4. The first-order valence-corrected chi connectivity index (χ1v) is 8.52. The number of halogens is 2. The van der Waals surface area contributed by atoms with E-state index in [0.717, 1.165) is 36.3 Å². The predicted octanol–water partition coefficient (Wildman–Crippen LogP) is 3.32. The van der Waals surface area contributed by atoms with Crippen LogP contribution in [0.1, 0.15) is 28.8 Å². The van der Waals surface area contributed by atoms with Gasteiger partial charge in [-0.05, 0) is 42.7 Å². The molecule has 0 radical (unpaired) electrons. The Morgan fingerprint density at radius 1 is 1.07 bits per heavy atom. The van der Waals surface area contributed by atoms with E-state index in [0.29, 0.717) is 12.6 Å². The SMILES string of the molecule is COc1ccc(CN(C(=O)COC(=O)c2cc(F)cc(F)c2)C2CC2)cc1. The first-order valence-electron chi connectivity index (χ1n) is 8.52. The molecule has 1 aliphatic carbocycles. The molecule has 7 heteroatoms. The zero-order chi connectivity index (χ0) is 19.4. The van der Waals surface area contributed by atoms with Crippen LogP contribution in [0, 0.1) is 11.6 Å². The summed E-state index contributed by atoms with van der Waals surface area (Å²) in [6, 6.07) is 9.85. The predicted molar refractivity (Wildman–Crippen MR) is 93.2 cm³/mol. The molecule has 5 nitrogen and oxygen atoms in total. The van der Waals surface area contributed by atoms with Crippen LogP contribution in [0.2, 0.25) is 0 Å². The zero-order valence-corrected chi connectivity index (χ0v) is 14.8. The third kappa shape index (κ3) is 5.03. The standard InChI is InChI=1S/C20H19F2NO4/c1-26-18-6-2-13(3-7-18)11-23(17-4-5-17)19(24)12-27-20(25)14-8-15(21)10-16(22)9-14/h2-3,6-10,17H,4-5,11-12H2,1H3. The van der Waals surface area contributed by atoms with Crippen molar-refractivity contribution >= 4 is 11.9 Å². The highest BCUT2D eigenvalue weighted by atomic mass is 19.1. The van der Waals surface area contributed by atoms with Crippen molar-refractivity contribution in [1.29, 1.82) is 0 Å². The van der Waals surface area contributed by atoms with Gasteiger partial charge in [0.05, 0.1) is 12.7 Å². The smallest absolute Gasteiger partial charge is 0.338 e. The van der Waals surface area contributed by atoms with Crippen LogP contribution in [0.15, 0.2) is 42.5 Å². The van der Waals surface area contributed by atoms with E-state index in [2.05, 4.69) is 0 Å². The van der Waals surface area contributed by atoms with Gasteiger partial charge < -0.3 is 14.4 Å². The van der Waals surface area contributed by atoms with Crippen molar-refractivity contribution in [2.45, 2.75) is 25.4 Å². The fraction of sp³-hybridized carbons (Fsp3) is 0.300. The highest BCUT2D eigenvalue weighted by Gasteiger charge is 2.33. The van der Waals surface area contributed by atoms with Gasteiger partial charge in [-0.3, -0.25) is 4.79 Å². The van der Waals surface area contributed by atoms with Crippen molar-refractivity contribution in [1.82, 2.24) is 4.90 Å². The molecule has 2 aromatic carbocycles. The number of carbonyl (C=O) groups excluding carboxylic acids is 2. The van der Waals surface area contributed by atoms with E-state index in [1.165, 1.54) is 0 Å². The maximum atomic E-state index is 13.2. The first kappa shape index (κ1) is 18.8. The van der Waals surface area contributed by atoms with Crippen molar-refractivity contribution in [2.75, 3.05) is 13.7 Å². The molecule has 0 aromatic heterocycles. The number of rotatable bonds is 7. The summed E-state index contributed by atoms with van der Waals surface area (Å²) < 4.78 is 36.5. The molecule has 142 valence electrons. The van der Waals surface area contributed by atoms with E-state index in [9.17, 15) is 18.4 Å². The molecule has 0 aliphatic heterocycles. The molecule has 1 amide bonds. The van der Waals surface area contributed by atoms with E-state index in [1.54, 1.807) is 12.0 Å². The highest BCUT2D eigenvalue weighted by molar-refractivity contribution is 5.91. The third-order valence-corrected chi connectivity index (χ3v) is 4.24. The lowest BCUT2D eigenvalue weighted by molar-refractivity contribution is -0.135. The molecule has 3 rings (SSSR count). The van der Waals surface area contributed by atoms with E-state index in [1.807, 2.05) is 24.3 Å². The van der Waals surface area contributed by atoms with Crippen LogP contribution in [0.4, 0.5) is 8.78 Å². The molecule has 0 bridgehead atoms. The van der Waals surface area contributed by atoms with Crippen LogP contribution < -0.4 is 4.74 Å². The lowest BCUT2D eigenvalue weighted by Gasteiger charge is -2.22. The van der Waals surface area contributed by atoms with Gasteiger partial charge >= 0.3 is 5.97 Å². The molecule has 0 spiro atoms. The lowest BCUT2D eigenvalue weighted by Crippen LogP contribution is -2.36. The molecule has 0 N–H and O–H groups in total. The van der Waals surface area contributed by atoms with Gasteiger partial charge in [-0.25, -0.2) is 13.6 Å². The van der Waals surface area contributed by atoms with Gasteiger partial charge in [-0.15, -0.1) is 0 Å². The normalized spacial score (nSPS) is 13.1. The summed E-state index contributed by atoms with van der Waals surface area (Å²) in [7, 11) is 1.58. The second kappa shape index (κ2) is 8.16. The van der Waals surface area contributed by atoms with Gasteiger partial charge in [0, 0.05) is 18.7 Å². The van der Waals surface area contributed by atoms with E-state index in [4.69, 9.17) is 9.47 Å². The Bertz CT molecular complexity index is 814. The quantitative estimate of drug-likeness (QED) is 0.697. The second-order valence-electron chi connectivity index (χ2n) is 6.34. The minimum absolute atomic E-state index is 0.116. The largest absolute Gasteiger partial charge is 0.497 e. The zero-order valence-electron chi connectivity index (χ0n) is 14.8. The van der Waals surface area contributed by atoms with Crippen LogP contribution in [-0.2, 0) is 16.1 Å². The van der Waals surface area contributed by atoms with Gasteiger partial charge in [0.25, 0.3) is 5.91 Å². The maximum Gasteiger partial charge on any atom is 0.338 e. The number of nitrogens with zero attached hydrogens (tertiary/aromatic N) is 1. The molecular weight excluding hydrogens is 356 g/mol. The Kier molecular flexibility index (Phi) is 5.69. The van der Waals surface area contributed by atoms with Crippen molar-refractivity contribution < 1.29 is 27.8 Å². The molecule has 0 atom stereocenters. The second-order valence-corrected chi connectivity index (χ2v) is 6.34. The topological polar surface area (TPSA) is 55.8 Å². The van der Waals surface area contributed by atoms with E-state index >= 15 is 0 Å². The monoisotopic (exact) mass is 375 g/mol. The van der Waals surface area contributed by atoms with Crippen LogP contribution in [0.5, 0.6) is 5.75 Å². The van der Waals surface area contributed by atoms with Crippen molar-refractivity contribution in [3.63, 3.8) is 0 Å². The van der Waals surface area contributed by atoms with Gasteiger partial charge in [0.1, 0.15) is 17.4 Å². The summed E-state index contributed by atoms with van der Waals surface area (Å²) in [6.45, 7) is -0.0940. The molecule has 1 saturated carbocycles. The summed E-state index contributed by atoms with van der Waals surface area (Å²) in [6.07, 6.45) is 1.79. The van der Waals surface area contributed by atoms with Crippen molar-refractivity contribution in [3.8, 4) is 5.75 Å². The van der Waals surface area contributed by atoms with E-state index in [-0.39, 0.29) is 17.5 Å². The summed E-state index contributed by atoms with van der Waals surface area (Å²) in [5.74, 6) is -2.33. The minimum Gasteiger partial charge on any atom is -0.497 e. The molecule has 0 unspecified atom stereocenters. The molecule has 0 heterocycles. The first-order chi connectivity index (χ1) is 13.0. The fourth-order valence-corrected chi connectivity index (χ4v) is 2.70. The van der Waals surface area contributed by atoms with Crippen LogP contribution in [0.3, 0.4) is 0 Å². The Morgan fingerprint density at radius 3 is 2.26 bits per heavy atom. The van der Waals surface area contributed by atoms with Crippen LogP contribution in [0.25, 0.3) is 0 Å². The number of hydrogen-bond donors (Lipinski definition) is 0. The molecule has 2 aromatic rings. The van der Waals surface area contributed by atoms with Gasteiger partial charge in [-0.1, -0.05) is 12.1 Å². The number of amides is 1. The average Bonchev–Trinajstić information content (AvgIpc) is 3.48. The molecule has 27 heavy (non-hydrogen) atoms.